The number of aromatic nitrogens is 1. The average Bonchev–Trinajstić information content (AvgIpc) is 2.99. The summed E-state index contributed by atoms with van der Waals surface area (Å²) >= 11 is 13.4. The van der Waals surface area contributed by atoms with Crippen LogP contribution in [-0.2, 0) is 11.3 Å². The van der Waals surface area contributed by atoms with Crippen LogP contribution in [0.3, 0.4) is 0 Å². The molecule has 0 spiro atoms. The first-order valence-electron chi connectivity index (χ1n) is 7.27. The van der Waals surface area contributed by atoms with Crippen LogP contribution in [0.4, 0.5) is 0 Å². The number of ether oxygens (including phenoxy) is 1. The van der Waals surface area contributed by atoms with Gasteiger partial charge in [-0.05, 0) is 31.2 Å². The van der Waals surface area contributed by atoms with Crippen molar-refractivity contribution in [3.63, 3.8) is 0 Å². The van der Waals surface area contributed by atoms with Gasteiger partial charge in [0.25, 0.3) is 5.91 Å². The molecule has 0 bridgehead atoms. The third-order valence-corrected chi connectivity index (χ3v) is 5.10. The van der Waals surface area contributed by atoms with Gasteiger partial charge in [-0.3, -0.25) is 4.79 Å². The lowest BCUT2D eigenvalue weighted by Crippen LogP contribution is -2.35. The molecule has 4 nitrogen and oxygen atoms in total. The summed E-state index contributed by atoms with van der Waals surface area (Å²) in [5, 5.41) is 4.51. The highest BCUT2D eigenvalue weighted by Gasteiger charge is 2.15. The van der Waals surface area contributed by atoms with Gasteiger partial charge in [0.1, 0.15) is 10.8 Å². The summed E-state index contributed by atoms with van der Waals surface area (Å²) in [4.78, 5) is 16.6. The Morgan fingerprint density at radius 3 is 2.79 bits per heavy atom. The second kappa shape index (κ2) is 7.38. The Kier molecular flexibility index (Phi) is 5.23. The van der Waals surface area contributed by atoms with Crippen LogP contribution < -0.4 is 10.1 Å². The van der Waals surface area contributed by atoms with E-state index in [1.807, 2.05) is 24.3 Å². The van der Waals surface area contributed by atoms with Crippen LogP contribution in [0.15, 0.2) is 42.5 Å². The Morgan fingerprint density at radius 2 is 2.04 bits per heavy atom. The van der Waals surface area contributed by atoms with E-state index in [1.165, 1.54) is 0 Å². The van der Waals surface area contributed by atoms with Crippen LogP contribution in [0.2, 0.25) is 10.0 Å². The maximum Gasteiger partial charge on any atom is 0.261 e. The highest BCUT2D eigenvalue weighted by molar-refractivity contribution is 7.18. The third-order valence-electron chi connectivity index (χ3n) is 3.33. The Hall–Kier alpha value is -1.82. The predicted octanol–water partition coefficient (Wildman–Crippen LogP) is 4.69. The molecule has 24 heavy (non-hydrogen) atoms. The zero-order valence-electron chi connectivity index (χ0n) is 12.8. The van der Waals surface area contributed by atoms with Crippen LogP contribution >= 0.6 is 34.5 Å². The summed E-state index contributed by atoms with van der Waals surface area (Å²) in [6.45, 7) is 2.05. The van der Waals surface area contributed by atoms with Crippen molar-refractivity contribution in [2.45, 2.75) is 19.6 Å². The van der Waals surface area contributed by atoms with Crippen molar-refractivity contribution in [1.82, 2.24) is 10.3 Å². The number of carbonyl (C=O) groups excluding carboxylic acids is 1. The lowest BCUT2D eigenvalue weighted by atomic mass is 10.3. The molecule has 1 atom stereocenters. The lowest BCUT2D eigenvalue weighted by molar-refractivity contribution is -0.127. The minimum absolute atomic E-state index is 0.222. The normalized spacial score (nSPS) is 12.1. The molecule has 0 saturated carbocycles. The quantitative estimate of drug-likeness (QED) is 0.698. The summed E-state index contributed by atoms with van der Waals surface area (Å²) in [7, 11) is 0. The molecule has 3 rings (SSSR count). The Bertz CT molecular complexity index is 849. The standard InChI is InChI=1S/C17H14Cl2N2O2S/c1-10(23-11-6-7-12(18)13(19)8-11)17(22)20-9-16-21-14-4-2-3-5-15(14)24-16/h2-8,10H,9H2,1H3,(H,20,22). The number of hydrogen-bond donors (Lipinski definition) is 1. The van der Waals surface area contributed by atoms with Gasteiger partial charge in [0.2, 0.25) is 0 Å². The van der Waals surface area contributed by atoms with E-state index in [0.717, 1.165) is 15.2 Å². The van der Waals surface area contributed by atoms with Gasteiger partial charge in [-0.25, -0.2) is 4.98 Å². The number of carbonyl (C=O) groups is 1. The van der Waals surface area contributed by atoms with Crippen LogP contribution in [0, 0.1) is 0 Å². The second-order valence-corrected chi connectivity index (χ2v) is 7.06. The Balaban J connectivity index is 1.58. The van der Waals surface area contributed by atoms with Gasteiger partial charge in [0, 0.05) is 6.07 Å². The lowest BCUT2D eigenvalue weighted by Gasteiger charge is -2.14. The molecule has 0 radical (unpaired) electrons. The van der Waals surface area contributed by atoms with E-state index < -0.39 is 6.10 Å². The number of fused-ring (bicyclic) bond motifs is 1. The first kappa shape index (κ1) is 17.0. The summed E-state index contributed by atoms with van der Waals surface area (Å²) in [5.74, 6) is 0.271. The number of hydrogen-bond acceptors (Lipinski definition) is 4. The van der Waals surface area contributed by atoms with Crippen molar-refractivity contribution >= 4 is 50.7 Å². The number of nitrogens with one attached hydrogen (secondary N) is 1. The van der Waals surface area contributed by atoms with E-state index >= 15 is 0 Å². The molecule has 1 N–H and O–H groups in total. The molecule has 7 heteroatoms. The van der Waals surface area contributed by atoms with E-state index in [2.05, 4.69) is 10.3 Å². The molecule has 0 aliphatic heterocycles. The van der Waals surface area contributed by atoms with E-state index in [-0.39, 0.29) is 5.91 Å². The number of nitrogens with zero attached hydrogens (tertiary/aromatic N) is 1. The van der Waals surface area contributed by atoms with Gasteiger partial charge in [-0.15, -0.1) is 11.3 Å². The number of halogens is 2. The number of rotatable bonds is 5. The van der Waals surface area contributed by atoms with Crippen LogP contribution in [0.25, 0.3) is 10.2 Å². The van der Waals surface area contributed by atoms with Crippen molar-refractivity contribution in [3.05, 3.63) is 57.5 Å². The summed E-state index contributed by atoms with van der Waals surface area (Å²) in [6, 6.07) is 12.8. The second-order valence-electron chi connectivity index (χ2n) is 5.13. The smallest absolute Gasteiger partial charge is 0.261 e. The monoisotopic (exact) mass is 380 g/mol. The zero-order valence-corrected chi connectivity index (χ0v) is 15.1. The van der Waals surface area contributed by atoms with Gasteiger partial charge in [-0.1, -0.05) is 35.3 Å². The summed E-state index contributed by atoms with van der Waals surface area (Å²) in [6.07, 6.45) is -0.656. The number of amides is 1. The van der Waals surface area contributed by atoms with E-state index in [9.17, 15) is 4.79 Å². The molecule has 3 aromatic rings. The fourth-order valence-electron chi connectivity index (χ4n) is 2.11. The Labute approximate surface area is 153 Å². The van der Waals surface area contributed by atoms with Gasteiger partial charge >= 0.3 is 0 Å². The maximum atomic E-state index is 12.2. The highest BCUT2D eigenvalue weighted by atomic mass is 35.5. The number of benzene rings is 2. The SMILES string of the molecule is CC(Oc1ccc(Cl)c(Cl)c1)C(=O)NCc1nc2ccccc2s1. The molecule has 0 aliphatic rings. The highest BCUT2D eigenvalue weighted by Crippen LogP contribution is 2.27. The first-order valence-corrected chi connectivity index (χ1v) is 8.84. The summed E-state index contributed by atoms with van der Waals surface area (Å²) in [5.41, 5.74) is 0.937. The molecule has 0 aliphatic carbocycles. The van der Waals surface area contributed by atoms with Crippen LogP contribution in [-0.4, -0.2) is 17.0 Å². The summed E-state index contributed by atoms with van der Waals surface area (Å²) < 4.78 is 6.69. The van der Waals surface area contributed by atoms with Gasteiger partial charge < -0.3 is 10.1 Å². The molecule has 1 aromatic heterocycles. The van der Waals surface area contributed by atoms with Gasteiger partial charge in [-0.2, -0.15) is 0 Å². The van der Waals surface area contributed by atoms with Crippen LogP contribution in [0.5, 0.6) is 5.75 Å². The zero-order chi connectivity index (χ0) is 17.1. The maximum absolute atomic E-state index is 12.2. The van der Waals surface area contributed by atoms with Crippen molar-refractivity contribution < 1.29 is 9.53 Å². The number of thiazole rings is 1. The van der Waals surface area contributed by atoms with Gasteiger partial charge in [0.15, 0.2) is 6.10 Å². The molecule has 124 valence electrons. The van der Waals surface area contributed by atoms with Crippen molar-refractivity contribution in [2.24, 2.45) is 0 Å². The van der Waals surface area contributed by atoms with E-state index in [0.29, 0.717) is 22.3 Å². The predicted molar refractivity (Wildman–Crippen MR) is 98.0 cm³/mol. The van der Waals surface area contributed by atoms with Crippen molar-refractivity contribution in [1.29, 1.82) is 0 Å². The molecule has 1 heterocycles. The number of para-hydroxylation sites is 1. The molecule has 0 fully saturated rings. The molecule has 1 amide bonds. The third kappa shape index (κ3) is 3.98. The Morgan fingerprint density at radius 1 is 1.25 bits per heavy atom. The minimum atomic E-state index is -0.656. The van der Waals surface area contributed by atoms with E-state index in [1.54, 1.807) is 36.5 Å². The molecular weight excluding hydrogens is 367 g/mol. The largest absolute Gasteiger partial charge is 0.481 e. The van der Waals surface area contributed by atoms with Crippen molar-refractivity contribution in [2.75, 3.05) is 0 Å². The van der Waals surface area contributed by atoms with Crippen molar-refractivity contribution in [3.8, 4) is 5.75 Å². The molecule has 2 aromatic carbocycles. The first-order chi connectivity index (χ1) is 11.5. The van der Waals surface area contributed by atoms with Crippen LogP contribution in [0.1, 0.15) is 11.9 Å². The molecule has 1 unspecified atom stereocenters. The molecule has 0 saturated heterocycles. The van der Waals surface area contributed by atoms with E-state index in [4.69, 9.17) is 27.9 Å². The van der Waals surface area contributed by atoms with Gasteiger partial charge in [0.05, 0.1) is 26.8 Å². The topological polar surface area (TPSA) is 51.2 Å². The minimum Gasteiger partial charge on any atom is -0.481 e. The average molecular weight is 381 g/mol. The fraction of sp³-hybridized carbons (Fsp3) is 0.176. The molecular formula is C17H14Cl2N2O2S. The fourth-order valence-corrected chi connectivity index (χ4v) is 3.30.